The van der Waals surface area contributed by atoms with Gasteiger partial charge in [-0.15, -0.1) is 0 Å². The Morgan fingerprint density at radius 3 is 2.84 bits per heavy atom. The zero-order valence-corrected chi connectivity index (χ0v) is 14.1. The number of rotatable bonds is 1. The first kappa shape index (κ1) is 15.6. The largest absolute Gasteiger partial charge is 0.481 e. The van der Waals surface area contributed by atoms with Crippen molar-refractivity contribution >= 4 is 11.9 Å². The van der Waals surface area contributed by atoms with E-state index in [0.29, 0.717) is 31.3 Å². The summed E-state index contributed by atoms with van der Waals surface area (Å²) in [6.45, 7) is 5.64. The number of carboxylic acid groups (broad SMARTS) is 1. The van der Waals surface area contributed by atoms with Gasteiger partial charge in [-0.25, -0.2) is 0 Å². The van der Waals surface area contributed by atoms with Crippen LogP contribution in [0.4, 0.5) is 0 Å². The second-order valence-corrected chi connectivity index (χ2v) is 8.94. The molecule has 4 fully saturated rings. The number of ether oxygens (including phenoxy) is 1. The van der Waals surface area contributed by atoms with Crippen LogP contribution in [0.2, 0.25) is 0 Å². The van der Waals surface area contributed by atoms with Gasteiger partial charge in [-0.1, -0.05) is 12.7 Å². The Balaban J connectivity index is 1.78. The molecule has 6 heteroatoms. The Hall–Kier alpha value is -1.66. The molecule has 1 aliphatic heterocycles. The Morgan fingerprint density at radius 1 is 1.44 bits per heavy atom. The molecule has 5 aliphatic rings. The Labute approximate surface area is 145 Å². The molecule has 4 aliphatic carbocycles. The van der Waals surface area contributed by atoms with Gasteiger partial charge in [0.2, 0.25) is 0 Å². The van der Waals surface area contributed by atoms with Gasteiger partial charge in [0.1, 0.15) is 11.0 Å². The van der Waals surface area contributed by atoms with Gasteiger partial charge in [-0.05, 0) is 49.7 Å². The van der Waals surface area contributed by atoms with Crippen molar-refractivity contribution in [2.24, 2.45) is 28.6 Å². The number of aliphatic carboxylic acids is 1. The van der Waals surface area contributed by atoms with Crippen molar-refractivity contribution in [3.8, 4) is 0 Å². The fourth-order valence-corrected chi connectivity index (χ4v) is 7.13. The van der Waals surface area contributed by atoms with Gasteiger partial charge in [0.05, 0.1) is 17.6 Å². The minimum Gasteiger partial charge on any atom is -0.481 e. The molecular formula is C19H22O6. The molecule has 4 bridgehead atoms. The van der Waals surface area contributed by atoms with Gasteiger partial charge < -0.3 is 20.1 Å². The summed E-state index contributed by atoms with van der Waals surface area (Å²) < 4.78 is 5.87. The van der Waals surface area contributed by atoms with Crippen LogP contribution >= 0.6 is 0 Å². The quantitative estimate of drug-likeness (QED) is 0.484. The maximum absolute atomic E-state index is 12.7. The molecule has 0 radical (unpaired) electrons. The van der Waals surface area contributed by atoms with Gasteiger partial charge in [0, 0.05) is 11.8 Å². The van der Waals surface area contributed by atoms with E-state index in [9.17, 15) is 24.9 Å². The van der Waals surface area contributed by atoms with Crippen LogP contribution in [0.1, 0.15) is 32.6 Å². The van der Waals surface area contributed by atoms with E-state index in [0.717, 1.165) is 0 Å². The predicted octanol–water partition coefficient (Wildman–Crippen LogP) is 1.03. The lowest BCUT2D eigenvalue weighted by Crippen LogP contribution is -2.50. The van der Waals surface area contributed by atoms with E-state index in [-0.39, 0.29) is 5.92 Å². The zero-order valence-electron chi connectivity index (χ0n) is 14.1. The van der Waals surface area contributed by atoms with E-state index in [1.165, 1.54) is 0 Å². The number of aliphatic hydroxyl groups is 2. The monoisotopic (exact) mass is 346 g/mol. The smallest absolute Gasteiger partial charge is 0.316 e. The van der Waals surface area contributed by atoms with Gasteiger partial charge in [-0.3, -0.25) is 9.59 Å². The van der Waals surface area contributed by atoms with E-state index in [1.54, 1.807) is 19.1 Å². The average molecular weight is 346 g/mol. The lowest BCUT2D eigenvalue weighted by Gasteiger charge is -2.44. The maximum Gasteiger partial charge on any atom is 0.316 e. The van der Waals surface area contributed by atoms with Crippen molar-refractivity contribution in [1.82, 2.24) is 0 Å². The van der Waals surface area contributed by atoms with E-state index in [1.807, 2.05) is 0 Å². The highest BCUT2D eigenvalue weighted by Crippen LogP contribution is 2.77. The number of carbonyl (C=O) groups is 2. The molecule has 8 atom stereocenters. The molecule has 1 saturated heterocycles. The first-order valence-corrected chi connectivity index (χ1v) is 8.86. The highest BCUT2D eigenvalue weighted by Gasteiger charge is 2.83. The molecule has 1 unspecified atom stereocenters. The molecule has 0 aromatic carbocycles. The molecule has 3 saturated carbocycles. The summed E-state index contributed by atoms with van der Waals surface area (Å²) in [5, 5.41) is 31.6. The van der Waals surface area contributed by atoms with E-state index < -0.39 is 51.9 Å². The molecule has 0 aromatic heterocycles. The van der Waals surface area contributed by atoms with Gasteiger partial charge in [0.15, 0.2) is 0 Å². The van der Waals surface area contributed by atoms with Crippen molar-refractivity contribution in [3.05, 3.63) is 24.3 Å². The summed E-state index contributed by atoms with van der Waals surface area (Å²) in [7, 11) is 0. The van der Waals surface area contributed by atoms with Crippen LogP contribution in [0.3, 0.4) is 0 Å². The lowest BCUT2D eigenvalue weighted by atomic mass is 9.61. The number of carboxylic acids is 1. The number of carbonyl (C=O) groups excluding carboxylic acids is 1. The summed E-state index contributed by atoms with van der Waals surface area (Å²) >= 11 is 0. The molecule has 1 spiro atoms. The highest BCUT2D eigenvalue weighted by molar-refractivity contribution is 5.86. The fourth-order valence-electron chi connectivity index (χ4n) is 7.13. The van der Waals surface area contributed by atoms with Crippen LogP contribution in [-0.2, 0) is 14.3 Å². The third-order valence-corrected chi connectivity index (χ3v) is 8.12. The second kappa shape index (κ2) is 4.01. The van der Waals surface area contributed by atoms with Crippen LogP contribution in [0.15, 0.2) is 24.3 Å². The number of aliphatic hydroxyl groups excluding tert-OH is 1. The van der Waals surface area contributed by atoms with Crippen molar-refractivity contribution < 1.29 is 29.6 Å². The van der Waals surface area contributed by atoms with Crippen molar-refractivity contribution in [2.45, 2.75) is 49.9 Å². The molecule has 1 heterocycles. The van der Waals surface area contributed by atoms with E-state index in [2.05, 4.69) is 6.58 Å². The first-order chi connectivity index (χ1) is 11.6. The minimum atomic E-state index is -1.27. The number of hydrogen-bond donors (Lipinski definition) is 3. The SMILES string of the molecule is C=C1C[C@]23C[C@@]1(O)CC[C@@H]2[C@@]12C=C[C@H](O)C(C)(C(=O)O1)[C@@H]2[C@@H]3C(=O)O. The zero-order chi connectivity index (χ0) is 18.0. The maximum atomic E-state index is 12.7. The summed E-state index contributed by atoms with van der Waals surface area (Å²) in [5.74, 6) is -3.18. The van der Waals surface area contributed by atoms with Gasteiger partial charge in [0.25, 0.3) is 0 Å². The third-order valence-electron chi connectivity index (χ3n) is 8.12. The molecule has 5 rings (SSSR count). The Bertz CT molecular complexity index is 772. The molecule has 25 heavy (non-hydrogen) atoms. The van der Waals surface area contributed by atoms with E-state index in [4.69, 9.17) is 4.74 Å². The highest BCUT2D eigenvalue weighted by atomic mass is 16.6. The molecule has 0 amide bonds. The van der Waals surface area contributed by atoms with Gasteiger partial charge in [-0.2, -0.15) is 0 Å². The van der Waals surface area contributed by atoms with Crippen molar-refractivity contribution in [1.29, 1.82) is 0 Å². The molecule has 0 aromatic rings. The third kappa shape index (κ3) is 1.36. The van der Waals surface area contributed by atoms with Crippen molar-refractivity contribution in [3.63, 3.8) is 0 Å². The molecule has 3 N–H and O–H groups in total. The van der Waals surface area contributed by atoms with Crippen LogP contribution in [-0.4, -0.2) is 44.6 Å². The summed E-state index contributed by atoms with van der Waals surface area (Å²) in [5.41, 5.74) is -3.29. The van der Waals surface area contributed by atoms with Crippen LogP contribution in [0, 0.1) is 28.6 Å². The molecule has 6 nitrogen and oxygen atoms in total. The number of esters is 1. The average Bonchev–Trinajstić information content (AvgIpc) is 2.95. The molecular weight excluding hydrogens is 324 g/mol. The topological polar surface area (TPSA) is 104 Å². The molecule has 134 valence electrons. The van der Waals surface area contributed by atoms with Crippen molar-refractivity contribution in [2.75, 3.05) is 0 Å². The summed E-state index contributed by atoms with van der Waals surface area (Å²) in [6, 6.07) is 0. The van der Waals surface area contributed by atoms with Crippen LogP contribution < -0.4 is 0 Å². The minimum absolute atomic E-state index is 0.180. The first-order valence-electron chi connectivity index (χ1n) is 8.86. The van der Waals surface area contributed by atoms with Crippen LogP contribution in [0.5, 0.6) is 0 Å². The lowest BCUT2D eigenvalue weighted by molar-refractivity contribution is -0.163. The van der Waals surface area contributed by atoms with Gasteiger partial charge >= 0.3 is 11.9 Å². The Kier molecular flexibility index (Phi) is 2.50. The van der Waals surface area contributed by atoms with Crippen LogP contribution in [0.25, 0.3) is 0 Å². The summed E-state index contributed by atoms with van der Waals surface area (Å²) in [6.07, 6.45) is 4.11. The fraction of sp³-hybridized carbons (Fsp3) is 0.684. The summed E-state index contributed by atoms with van der Waals surface area (Å²) in [4.78, 5) is 25.1. The number of hydrogen-bond acceptors (Lipinski definition) is 5. The standard InChI is InChI=1S/C19H22O6/c1-9-7-17-8-18(9,24)5-3-10(17)19-6-4-11(20)16(2,15(23)25-19)13(19)12(17)14(21)22/h4,6,10-13,20,24H,1,3,5,7-8H2,2H3,(H,21,22)/t10-,11-,12+,13-,16?,17-,18-,19+/m0/s1. The second-order valence-electron chi connectivity index (χ2n) is 8.94. The normalized spacial score (nSPS) is 58.0. The predicted molar refractivity (Wildman–Crippen MR) is 85.2 cm³/mol. The van der Waals surface area contributed by atoms with E-state index >= 15 is 0 Å². The Morgan fingerprint density at radius 2 is 2.16 bits per heavy atom. The number of fused-ring (bicyclic) bond motifs is 1.